The van der Waals surface area contributed by atoms with Gasteiger partial charge in [0.25, 0.3) is 0 Å². The molecule has 0 aromatic carbocycles. The van der Waals surface area contributed by atoms with Gasteiger partial charge in [-0.05, 0) is 0 Å². The van der Waals surface area contributed by atoms with Crippen molar-refractivity contribution in [3.63, 3.8) is 0 Å². The monoisotopic (exact) mass is 206 g/mol. The molecule has 0 aromatic heterocycles. The van der Waals surface area contributed by atoms with Crippen molar-refractivity contribution >= 4 is 0 Å². The van der Waals surface area contributed by atoms with Gasteiger partial charge in [0.2, 0.25) is 0 Å². The normalized spacial score (nSPS) is 102. The summed E-state index contributed by atoms with van der Waals surface area (Å²) in [4.78, 5) is 0. The van der Waals surface area contributed by atoms with Gasteiger partial charge in [-0.3, -0.25) is 0 Å². The standard InChI is InChI=1S/2C5H10.Fe/c2*1-2-4-5-3-1;/h2*1-5H2;/i2*1D,2D,3D,4D,5D;. The first-order valence-corrected chi connectivity index (χ1v) is 3.33. The molecule has 2 rings (SSSR count). The van der Waals surface area contributed by atoms with Crippen molar-refractivity contribution < 1.29 is 30.8 Å². The first-order valence-electron chi connectivity index (χ1n) is 9.11. The van der Waals surface area contributed by atoms with E-state index in [0.717, 1.165) is 0 Å². The minimum absolute atomic E-state index is 0. The van der Waals surface area contributed by atoms with Gasteiger partial charge in [-0.15, -0.1) is 0 Å². The third-order valence-electron chi connectivity index (χ3n) is 1.11. The second kappa shape index (κ2) is 8.61. The van der Waals surface area contributed by atoms with Crippen molar-refractivity contribution in [2.75, 3.05) is 0 Å². The van der Waals surface area contributed by atoms with Crippen LogP contribution in [0.5, 0.6) is 0 Å². The van der Waals surface area contributed by atoms with Gasteiger partial charge in [0, 0.05) is 30.8 Å². The van der Waals surface area contributed by atoms with Crippen LogP contribution in [0.2, 0.25) is 0 Å². The van der Waals surface area contributed by atoms with Crippen molar-refractivity contribution in [2.24, 2.45) is 0 Å². The molecular formula is C10H20Fe. The van der Waals surface area contributed by atoms with Gasteiger partial charge in [0.1, 0.15) is 0 Å². The molecule has 0 bridgehead atoms. The van der Waals surface area contributed by atoms with E-state index in [4.69, 9.17) is 13.7 Å². The zero-order chi connectivity index (χ0) is 15.8. The van der Waals surface area contributed by atoms with E-state index in [1.807, 2.05) is 0 Å². The van der Waals surface area contributed by atoms with Crippen LogP contribution in [0.25, 0.3) is 0 Å². The average Bonchev–Trinajstić information content (AvgIpc) is 2.71. The van der Waals surface area contributed by atoms with Crippen molar-refractivity contribution in [3.05, 3.63) is 0 Å². The van der Waals surface area contributed by atoms with Gasteiger partial charge >= 0.3 is 0 Å². The minimum atomic E-state index is -0.856. The van der Waals surface area contributed by atoms with E-state index < -0.39 is 64.0 Å². The Kier molecular flexibility index (Phi) is 2.37. The van der Waals surface area contributed by atoms with Crippen LogP contribution in [0.3, 0.4) is 0 Å². The Hall–Kier alpha value is 0.519. The molecule has 0 N–H and O–H groups in total. The van der Waals surface area contributed by atoms with Crippen molar-refractivity contribution in [2.45, 2.75) is 64.0 Å². The Morgan fingerprint density at radius 1 is 0.455 bits per heavy atom. The van der Waals surface area contributed by atoms with Crippen LogP contribution in [-0.4, -0.2) is 0 Å². The number of hydrogen-bond acceptors (Lipinski definition) is 0. The quantitative estimate of drug-likeness (QED) is 0.527. The molecule has 0 nitrogen and oxygen atoms in total. The maximum absolute atomic E-state index is 7.19. The molecule has 0 spiro atoms. The smallest absolute Gasteiger partial charge is 0.0267 e. The zero-order valence-electron chi connectivity index (χ0n) is 16.1. The van der Waals surface area contributed by atoms with Crippen LogP contribution in [-0.2, 0) is 17.1 Å². The predicted molar refractivity (Wildman–Crippen MR) is 46.2 cm³/mol. The minimum Gasteiger partial charge on any atom is -0.0533 e. The summed E-state index contributed by atoms with van der Waals surface area (Å²) in [5.41, 5.74) is 0. The maximum Gasteiger partial charge on any atom is 0.0267 e. The molecule has 68 valence electrons. The second-order valence-corrected chi connectivity index (χ2v) is 1.92. The molecule has 2 fully saturated rings. The van der Waals surface area contributed by atoms with Gasteiger partial charge in [-0.2, -0.15) is 0 Å². The van der Waals surface area contributed by atoms with Gasteiger partial charge in [0.05, 0.1) is 0 Å². The maximum atomic E-state index is 7.19. The molecule has 0 unspecified atom stereocenters. The van der Waals surface area contributed by atoms with E-state index in [0.29, 0.717) is 0 Å². The molecule has 0 heterocycles. The fourth-order valence-electron chi connectivity index (χ4n) is 0.642. The molecule has 0 saturated heterocycles. The molecule has 2 aliphatic carbocycles. The van der Waals surface area contributed by atoms with Crippen LogP contribution in [0, 0.1) is 0 Å². The van der Waals surface area contributed by atoms with Gasteiger partial charge < -0.3 is 0 Å². The Morgan fingerprint density at radius 2 is 0.545 bits per heavy atom. The Balaban J connectivity index is 0.000000364. The van der Waals surface area contributed by atoms with Crippen molar-refractivity contribution in [1.29, 1.82) is 0 Å². The number of rotatable bonds is 0. The molecule has 0 amide bonds. The molecule has 1 heteroatoms. The van der Waals surface area contributed by atoms with Gasteiger partial charge in [0.15, 0.2) is 0 Å². The van der Waals surface area contributed by atoms with Crippen LogP contribution in [0.4, 0.5) is 0 Å². The summed E-state index contributed by atoms with van der Waals surface area (Å²) in [7, 11) is 0. The van der Waals surface area contributed by atoms with Crippen LogP contribution in [0.15, 0.2) is 0 Å². The topological polar surface area (TPSA) is 0 Å². The summed E-state index contributed by atoms with van der Waals surface area (Å²) < 4.78 is 71.9. The van der Waals surface area contributed by atoms with E-state index >= 15 is 0 Å². The Morgan fingerprint density at radius 3 is 0.636 bits per heavy atom. The Bertz CT molecular complexity index is 201. The van der Waals surface area contributed by atoms with Crippen LogP contribution < -0.4 is 0 Å². The summed E-state index contributed by atoms with van der Waals surface area (Å²) >= 11 is 0. The van der Waals surface area contributed by atoms with Crippen molar-refractivity contribution in [3.8, 4) is 0 Å². The SMILES string of the molecule is [2H]C1C([2H])C([2H])C([2H])C1[2H].[2H]C1C([2H])C([2H])C([2H])C1[2H].[Fe]. The van der Waals surface area contributed by atoms with E-state index in [1.54, 1.807) is 0 Å². The van der Waals surface area contributed by atoms with Gasteiger partial charge in [-0.1, -0.05) is 64.0 Å². The Labute approximate surface area is 95.7 Å². The zero-order valence-corrected chi connectivity index (χ0v) is 7.23. The molecule has 2 saturated carbocycles. The van der Waals surface area contributed by atoms with E-state index in [2.05, 4.69) is 0 Å². The van der Waals surface area contributed by atoms with Crippen LogP contribution in [0.1, 0.15) is 77.7 Å². The van der Waals surface area contributed by atoms with Crippen molar-refractivity contribution in [1.82, 2.24) is 0 Å². The summed E-state index contributed by atoms with van der Waals surface area (Å²) in [6, 6.07) is 0. The molecular weight excluding hydrogens is 176 g/mol. The molecule has 0 radical (unpaired) electrons. The summed E-state index contributed by atoms with van der Waals surface area (Å²) in [6.45, 7) is 0. The molecule has 2 aliphatic rings. The van der Waals surface area contributed by atoms with Crippen LogP contribution >= 0.6 is 0 Å². The van der Waals surface area contributed by atoms with Gasteiger partial charge in [-0.25, -0.2) is 0 Å². The number of hydrogen-bond donors (Lipinski definition) is 0. The average molecular weight is 206 g/mol. The fraction of sp³-hybridized carbons (Fsp3) is 1.00. The van der Waals surface area contributed by atoms with E-state index in [1.165, 1.54) is 0 Å². The fourth-order valence-corrected chi connectivity index (χ4v) is 0.642. The largest absolute Gasteiger partial charge is 0.0533 e. The third-order valence-corrected chi connectivity index (χ3v) is 1.11. The van der Waals surface area contributed by atoms with E-state index in [9.17, 15) is 0 Å². The summed E-state index contributed by atoms with van der Waals surface area (Å²) in [6.07, 6.45) is -8.56. The third kappa shape index (κ3) is 6.90. The first kappa shape index (κ1) is 3.03. The molecule has 11 heavy (non-hydrogen) atoms. The second-order valence-electron chi connectivity index (χ2n) is 1.92. The first-order chi connectivity index (χ1) is 9.11. The van der Waals surface area contributed by atoms with E-state index in [-0.39, 0.29) is 17.1 Å². The predicted octanol–water partition coefficient (Wildman–Crippen LogP) is 3.90. The molecule has 0 aromatic rings. The molecule has 0 atom stereocenters. The summed E-state index contributed by atoms with van der Waals surface area (Å²) in [5.74, 6) is 0. The summed E-state index contributed by atoms with van der Waals surface area (Å²) in [5, 5.41) is 0. The molecule has 0 aliphatic heterocycles.